The number of carbonyl (C=O) groups excluding carboxylic acids is 1. The highest BCUT2D eigenvalue weighted by molar-refractivity contribution is 5.77. The van der Waals surface area contributed by atoms with E-state index in [1.807, 2.05) is 36.4 Å². The first-order chi connectivity index (χ1) is 12.2. The second kappa shape index (κ2) is 8.06. The molecule has 0 aliphatic rings. The van der Waals surface area contributed by atoms with Crippen molar-refractivity contribution in [3.05, 3.63) is 84.3 Å². The number of furan rings is 1. The molecule has 5 nitrogen and oxygen atoms in total. The molecule has 0 aliphatic heterocycles. The highest BCUT2D eigenvalue weighted by Crippen LogP contribution is 2.24. The fraction of sp³-hybridized carbons (Fsp3) is 0.150. The van der Waals surface area contributed by atoms with Gasteiger partial charge in [0.05, 0.1) is 12.8 Å². The molecule has 0 atom stereocenters. The highest BCUT2D eigenvalue weighted by atomic mass is 16.5. The van der Waals surface area contributed by atoms with E-state index in [4.69, 9.17) is 9.15 Å². The molecule has 3 rings (SSSR count). The summed E-state index contributed by atoms with van der Waals surface area (Å²) in [5.41, 5.74) is 1.02. The van der Waals surface area contributed by atoms with Gasteiger partial charge in [0.1, 0.15) is 5.76 Å². The molecule has 0 spiro atoms. The molecule has 0 aliphatic carbocycles. The van der Waals surface area contributed by atoms with Crippen molar-refractivity contribution in [1.82, 2.24) is 4.90 Å². The number of benzene rings is 2. The van der Waals surface area contributed by atoms with Crippen LogP contribution in [0.4, 0.5) is 0 Å². The lowest BCUT2D eigenvalue weighted by atomic mass is 10.2. The van der Waals surface area contributed by atoms with Gasteiger partial charge in [0.15, 0.2) is 18.1 Å². The normalized spacial score (nSPS) is 10.4. The van der Waals surface area contributed by atoms with Crippen LogP contribution in [0.1, 0.15) is 11.3 Å². The molecule has 0 unspecified atom stereocenters. The maximum Gasteiger partial charge on any atom is 0.261 e. The zero-order valence-electron chi connectivity index (χ0n) is 13.7. The molecule has 1 amide bonds. The molecule has 1 aromatic heterocycles. The van der Waals surface area contributed by atoms with Gasteiger partial charge < -0.3 is 19.2 Å². The second-order valence-corrected chi connectivity index (χ2v) is 5.57. The lowest BCUT2D eigenvalue weighted by Crippen LogP contribution is -2.34. The number of phenols is 1. The number of hydrogen-bond acceptors (Lipinski definition) is 4. The Morgan fingerprint density at radius 3 is 2.44 bits per heavy atom. The standard InChI is InChI=1S/C20H19NO4/c22-18-10-4-5-11-19(18)25-15-20(23)21(14-17-9-6-12-24-17)13-16-7-2-1-3-8-16/h1-12,22H,13-15H2. The zero-order valence-corrected chi connectivity index (χ0v) is 13.7. The first-order valence-electron chi connectivity index (χ1n) is 7.97. The quantitative estimate of drug-likeness (QED) is 0.715. The van der Waals surface area contributed by atoms with Gasteiger partial charge in [-0.25, -0.2) is 0 Å². The predicted molar refractivity (Wildman–Crippen MR) is 93.0 cm³/mol. The Hall–Kier alpha value is -3.21. The van der Waals surface area contributed by atoms with Crippen LogP contribution in [0.25, 0.3) is 0 Å². The average Bonchev–Trinajstić information content (AvgIpc) is 3.14. The molecule has 2 aromatic carbocycles. The van der Waals surface area contributed by atoms with Crippen molar-refractivity contribution in [3.8, 4) is 11.5 Å². The minimum absolute atomic E-state index is 0.0101. The summed E-state index contributed by atoms with van der Waals surface area (Å²) in [4.78, 5) is 14.3. The number of hydrogen-bond donors (Lipinski definition) is 1. The smallest absolute Gasteiger partial charge is 0.261 e. The van der Waals surface area contributed by atoms with Crippen molar-refractivity contribution in [2.75, 3.05) is 6.61 Å². The monoisotopic (exact) mass is 337 g/mol. The largest absolute Gasteiger partial charge is 0.504 e. The van der Waals surface area contributed by atoms with E-state index < -0.39 is 0 Å². The van der Waals surface area contributed by atoms with Crippen LogP contribution in [0.3, 0.4) is 0 Å². The highest BCUT2D eigenvalue weighted by Gasteiger charge is 2.17. The minimum atomic E-state index is -0.191. The van der Waals surface area contributed by atoms with E-state index in [0.717, 1.165) is 5.56 Å². The third-order valence-electron chi connectivity index (χ3n) is 3.71. The summed E-state index contributed by atoms with van der Waals surface area (Å²) in [7, 11) is 0. The van der Waals surface area contributed by atoms with Crippen molar-refractivity contribution in [1.29, 1.82) is 0 Å². The number of amides is 1. The SMILES string of the molecule is O=C(COc1ccccc1O)N(Cc1ccccc1)Cc1ccco1. The molecule has 25 heavy (non-hydrogen) atoms. The van der Waals surface area contributed by atoms with E-state index in [9.17, 15) is 9.90 Å². The number of nitrogens with zero attached hydrogens (tertiary/aromatic N) is 1. The lowest BCUT2D eigenvalue weighted by Gasteiger charge is -2.22. The molecular formula is C20H19NO4. The molecule has 3 aromatic rings. The molecule has 0 saturated heterocycles. The number of para-hydroxylation sites is 2. The van der Waals surface area contributed by atoms with Gasteiger partial charge in [0.2, 0.25) is 0 Å². The summed E-state index contributed by atoms with van der Waals surface area (Å²) in [5, 5.41) is 9.74. The van der Waals surface area contributed by atoms with E-state index in [1.54, 1.807) is 35.4 Å². The van der Waals surface area contributed by atoms with Gasteiger partial charge in [0, 0.05) is 6.54 Å². The molecule has 0 radical (unpaired) electrons. The van der Waals surface area contributed by atoms with E-state index >= 15 is 0 Å². The number of rotatable bonds is 7. The van der Waals surface area contributed by atoms with Gasteiger partial charge in [0.25, 0.3) is 5.91 Å². The van der Waals surface area contributed by atoms with Crippen LogP contribution in [0, 0.1) is 0 Å². The molecule has 0 bridgehead atoms. The predicted octanol–water partition coefficient (Wildman–Crippen LogP) is 3.59. The van der Waals surface area contributed by atoms with Gasteiger partial charge in [-0.3, -0.25) is 4.79 Å². The Bertz CT molecular complexity index is 800. The van der Waals surface area contributed by atoms with Gasteiger partial charge in [-0.15, -0.1) is 0 Å². The van der Waals surface area contributed by atoms with Crippen LogP contribution < -0.4 is 4.74 Å². The summed E-state index contributed by atoms with van der Waals surface area (Å²) in [6, 6.07) is 19.9. The molecule has 128 valence electrons. The molecule has 5 heteroatoms. The third kappa shape index (κ3) is 4.64. The first-order valence-corrected chi connectivity index (χ1v) is 7.97. The van der Waals surface area contributed by atoms with Crippen molar-refractivity contribution >= 4 is 5.91 Å². The number of phenolic OH excluding ortho intramolecular Hbond substituents is 1. The van der Waals surface area contributed by atoms with Gasteiger partial charge in [-0.2, -0.15) is 0 Å². The van der Waals surface area contributed by atoms with Gasteiger partial charge >= 0.3 is 0 Å². The topological polar surface area (TPSA) is 62.9 Å². The van der Waals surface area contributed by atoms with E-state index in [2.05, 4.69) is 0 Å². The molecular weight excluding hydrogens is 318 g/mol. The summed E-state index contributed by atoms with van der Waals surface area (Å²) >= 11 is 0. The zero-order chi connectivity index (χ0) is 17.5. The van der Waals surface area contributed by atoms with Gasteiger partial charge in [-0.05, 0) is 29.8 Å². The molecule has 0 fully saturated rings. The minimum Gasteiger partial charge on any atom is -0.504 e. The van der Waals surface area contributed by atoms with Crippen LogP contribution in [0.2, 0.25) is 0 Å². The summed E-state index contributed by atoms with van der Waals surface area (Å²) in [5.74, 6) is 0.805. The maximum atomic E-state index is 12.6. The average molecular weight is 337 g/mol. The summed E-state index contributed by atoms with van der Waals surface area (Å²) in [6.45, 7) is 0.639. The summed E-state index contributed by atoms with van der Waals surface area (Å²) in [6.07, 6.45) is 1.58. The Morgan fingerprint density at radius 1 is 0.960 bits per heavy atom. The molecule has 1 heterocycles. The Kier molecular flexibility index (Phi) is 5.36. The Morgan fingerprint density at radius 2 is 1.72 bits per heavy atom. The number of ether oxygens (including phenoxy) is 1. The van der Waals surface area contributed by atoms with E-state index in [1.165, 1.54) is 6.07 Å². The van der Waals surface area contributed by atoms with Crippen LogP contribution >= 0.6 is 0 Å². The van der Waals surface area contributed by atoms with E-state index in [0.29, 0.717) is 18.8 Å². The lowest BCUT2D eigenvalue weighted by molar-refractivity contribution is -0.134. The second-order valence-electron chi connectivity index (χ2n) is 5.57. The van der Waals surface area contributed by atoms with Crippen LogP contribution in [-0.4, -0.2) is 22.5 Å². The van der Waals surface area contributed by atoms with Crippen molar-refractivity contribution < 1.29 is 19.1 Å². The Balaban J connectivity index is 1.69. The number of aromatic hydroxyl groups is 1. The van der Waals surface area contributed by atoms with Crippen LogP contribution in [0.15, 0.2) is 77.4 Å². The summed E-state index contributed by atoms with van der Waals surface area (Å²) < 4.78 is 10.8. The van der Waals surface area contributed by atoms with Crippen molar-refractivity contribution in [2.24, 2.45) is 0 Å². The van der Waals surface area contributed by atoms with Crippen LogP contribution in [-0.2, 0) is 17.9 Å². The van der Waals surface area contributed by atoms with Crippen molar-refractivity contribution in [3.63, 3.8) is 0 Å². The third-order valence-corrected chi connectivity index (χ3v) is 3.71. The fourth-order valence-electron chi connectivity index (χ4n) is 2.44. The van der Waals surface area contributed by atoms with Crippen molar-refractivity contribution in [2.45, 2.75) is 13.1 Å². The fourth-order valence-corrected chi connectivity index (χ4v) is 2.44. The Labute approximate surface area is 146 Å². The van der Waals surface area contributed by atoms with E-state index in [-0.39, 0.29) is 24.0 Å². The molecule has 0 saturated carbocycles. The van der Waals surface area contributed by atoms with Crippen LogP contribution in [0.5, 0.6) is 11.5 Å². The number of carbonyl (C=O) groups is 1. The first kappa shape index (κ1) is 16.6. The van der Waals surface area contributed by atoms with Gasteiger partial charge in [-0.1, -0.05) is 42.5 Å². The maximum absolute atomic E-state index is 12.6. The molecule has 1 N–H and O–H groups in total.